The Morgan fingerprint density at radius 1 is 1.00 bits per heavy atom. The average molecular weight is 305 g/mol. The summed E-state index contributed by atoms with van der Waals surface area (Å²) in [5, 5.41) is 0. The van der Waals surface area contributed by atoms with Gasteiger partial charge in [0.25, 0.3) is 0 Å². The maximum absolute atomic E-state index is 12.0. The van der Waals surface area contributed by atoms with Crippen molar-refractivity contribution in [3.05, 3.63) is 76.5 Å². The van der Waals surface area contributed by atoms with Gasteiger partial charge in [-0.05, 0) is 42.2 Å². The van der Waals surface area contributed by atoms with Crippen LogP contribution in [0.15, 0.2) is 59.2 Å². The minimum absolute atomic E-state index is 0.331. The third-order valence-corrected chi connectivity index (χ3v) is 3.83. The zero-order valence-corrected chi connectivity index (χ0v) is 13.5. The fourth-order valence-electron chi connectivity index (χ4n) is 2.36. The molecule has 0 aliphatic carbocycles. The first-order chi connectivity index (χ1) is 11.0. The Morgan fingerprint density at radius 3 is 2.26 bits per heavy atom. The number of carbonyl (C=O) groups is 1. The molecule has 0 unspecified atom stereocenters. The first-order valence-electron chi connectivity index (χ1n) is 7.72. The van der Waals surface area contributed by atoms with Gasteiger partial charge in [-0.1, -0.05) is 55.8 Å². The summed E-state index contributed by atoms with van der Waals surface area (Å²) in [4.78, 5) is 16.3. The topological polar surface area (TPSA) is 38.7 Å². The molecule has 0 bridgehead atoms. The highest BCUT2D eigenvalue weighted by molar-refractivity contribution is 6.12. The van der Waals surface area contributed by atoms with Crippen molar-refractivity contribution in [1.82, 2.24) is 0 Å². The van der Waals surface area contributed by atoms with Crippen molar-refractivity contribution in [2.75, 3.05) is 0 Å². The number of hydrogen-bond acceptors (Lipinski definition) is 3. The van der Waals surface area contributed by atoms with E-state index in [4.69, 9.17) is 4.74 Å². The molecule has 0 aromatic heterocycles. The Hall–Kier alpha value is -2.68. The monoisotopic (exact) mass is 305 g/mol. The fourth-order valence-corrected chi connectivity index (χ4v) is 2.36. The summed E-state index contributed by atoms with van der Waals surface area (Å²) < 4.78 is 5.28. The van der Waals surface area contributed by atoms with Crippen LogP contribution >= 0.6 is 0 Å². The summed E-state index contributed by atoms with van der Waals surface area (Å²) in [6, 6.07) is 15.9. The van der Waals surface area contributed by atoms with Crippen molar-refractivity contribution in [3.8, 4) is 0 Å². The van der Waals surface area contributed by atoms with Crippen LogP contribution in [0, 0.1) is 6.92 Å². The highest BCUT2D eigenvalue weighted by Gasteiger charge is 2.23. The van der Waals surface area contributed by atoms with Crippen LogP contribution in [0.4, 0.5) is 0 Å². The number of ether oxygens (including phenoxy) is 1. The van der Waals surface area contributed by atoms with Gasteiger partial charge in [-0.25, -0.2) is 9.79 Å². The third-order valence-electron chi connectivity index (χ3n) is 3.83. The van der Waals surface area contributed by atoms with Crippen molar-refractivity contribution in [2.45, 2.75) is 26.7 Å². The smallest absolute Gasteiger partial charge is 0.363 e. The number of carbonyl (C=O) groups excluding carboxylic acids is 1. The highest BCUT2D eigenvalue weighted by atomic mass is 16.6. The SMILES string of the molecule is Cc1ccc(C2=N/C(=C\c3ccc(C(C)C)cc3)C(=O)O2)cc1. The lowest BCUT2D eigenvalue weighted by Crippen LogP contribution is -2.05. The molecule has 0 fully saturated rings. The first-order valence-corrected chi connectivity index (χ1v) is 7.72. The van der Waals surface area contributed by atoms with Crippen molar-refractivity contribution in [3.63, 3.8) is 0 Å². The number of rotatable bonds is 3. The van der Waals surface area contributed by atoms with Crippen LogP contribution < -0.4 is 0 Å². The van der Waals surface area contributed by atoms with Gasteiger partial charge in [-0.2, -0.15) is 0 Å². The van der Waals surface area contributed by atoms with E-state index in [1.54, 1.807) is 6.08 Å². The quantitative estimate of drug-likeness (QED) is 0.620. The molecule has 0 saturated heterocycles. The molecule has 3 rings (SSSR count). The fraction of sp³-hybridized carbons (Fsp3) is 0.200. The molecule has 3 nitrogen and oxygen atoms in total. The second-order valence-corrected chi connectivity index (χ2v) is 6.02. The van der Waals surface area contributed by atoms with E-state index in [1.165, 1.54) is 5.56 Å². The largest absolute Gasteiger partial charge is 0.402 e. The molecule has 0 N–H and O–H groups in total. The number of nitrogens with zero attached hydrogens (tertiary/aromatic N) is 1. The van der Waals surface area contributed by atoms with Crippen molar-refractivity contribution >= 4 is 17.9 Å². The predicted octanol–water partition coefficient (Wildman–Crippen LogP) is 4.46. The molecule has 0 spiro atoms. The summed E-state index contributed by atoms with van der Waals surface area (Å²) >= 11 is 0. The summed E-state index contributed by atoms with van der Waals surface area (Å²) in [6.45, 7) is 6.32. The van der Waals surface area contributed by atoms with Gasteiger partial charge in [-0.3, -0.25) is 0 Å². The van der Waals surface area contributed by atoms with E-state index in [1.807, 2.05) is 43.3 Å². The van der Waals surface area contributed by atoms with Gasteiger partial charge < -0.3 is 4.74 Å². The lowest BCUT2D eigenvalue weighted by atomic mass is 10.0. The summed E-state index contributed by atoms with van der Waals surface area (Å²) in [5.41, 5.74) is 4.50. The molecular formula is C20H19NO2. The van der Waals surface area contributed by atoms with Gasteiger partial charge in [0.15, 0.2) is 5.70 Å². The molecule has 0 atom stereocenters. The van der Waals surface area contributed by atoms with Gasteiger partial charge in [0, 0.05) is 5.56 Å². The minimum atomic E-state index is -0.409. The van der Waals surface area contributed by atoms with Gasteiger partial charge in [0.05, 0.1) is 0 Å². The maximum Gasteiger partial charge on any atom is 0.363 e. The summed E-state index contributed by atoms with van der Waals surface area (Å²) in [5.74, 6) is 0.438. The summed E-state index contributed by atoms with van der Waals surface area (Å²) in [6.07, 6.45) is 1.76. The Balaban J connectivity index is 1.87. The van der Waals surface area contributed by atoms with E-state index in [2.05, 4.69) is 31.0 Å². The molecule has 1 aliphatic heterocycles. The van der Waals surface area contributed by atoms with Crippen LogP contribution in [0.2, 0.25) is 0 Å². The zero-order valence-electron chi connectivity index (χ0n) is 13.5. The van der Waals surface area contributed by atoms with E-state index >= 15 is 0 Å². The van der Waals surface area contributed by atoms with Gasteiger partial charge in [-0.15, -0.1) is 0 Å². The van der Waals surface area contributed by atoms with Crippen LogP contribution in [0.25, 0.3) is 6.08 Å². The average Bonchev–Trinajstić information content (AvgIpc) is 2.89. The highest BCUT2D eigenvalue weighted by Crippen LogP contribution is 2.21. The van der Waals surface area contributed by atoms with Crippen LogP contribution in [0.3, 0.4) is 0 Å². The van der Waals surface area contributed by atoms with Crippen molar-refractivity contribution < 1.29 is 9.53 Å². The number of cyclic esters (lactones) is 1. The Bertz CT molecular complexity index is 781. The molecular weight excluding hydrogens is 286 g/mol. The lowest BCUT2D eigenvalue weighted by molar-refractivity contribution is -0.129. The molecule has 2 aromatic carbocycles. The zero-order chi connectivity index (χ0) is 16.4. The predicted molar refractivity (Wildman–Crippen MR) is 92.3 cm³/mol. The van der Waals surface area contributed by atoms with E-state index in [0.717, 1.165) is 16.7 Å². The van der Waals surface area contributed by atoms with Crippen molar-refractivity contribution in [1.29, 1.82) is 0 Å². The molecule has 116 valence electrons. The number of aryl methyl sites for hydroxylation is 1. The standard InChI is InChI=1S/C20H19NO2/c1-13(2)16-10-6-15(7-11-16)12-18-20(22)23-19(21-18)17-8-4-14(3)5-9-17/h4-13H,1-3H3/b18-12-. The van der Waals surface area contributed by atoms with E-state index in [-0.39, 0.29) is 0 Å². The molecule has 0 radical (unpaired) electrons. The second kappa shape index (κ2) is 6.21. The Labute approximate surface area is 136 Å². The Kier molecular flexibility index (Phi) is 4.11. The third kappa shape index (κ3) is 3.39. The number of esters is 1. The maximum atomic E-state index is 12.0. The first kappa shape index (κ1) is 15.2. The molecule has 0 saturated carbocycles. The van der Waals surface area contributed by atoms with Gasteiger partial charge >= 0.3 is 5.97 Å². The van der Waals surface area contributed by atoms with Crippen LogP contribution in [-0.2, 0) is 9.53 Å². The normalized spacial score (nSPS) is 15.9. The number of benzene rings is 2. The molecule has 1 heterocycles. The molecule has 1 aliphatic rings. The molecule has 2 aromatic rings. The van der Waals surface area contributed by atoms with E-state index in [0.29, 0.717) is 17.5 Å². The Morgan fingerprint density at radius 2 is 1.65 bits per heavy atom. The summed E-state index contributed by atoms with van der Waals surface area (Å²) in [7, 11) is 0. The minimum Gasteiger partial charge on any atom is -0.402 e. The second-order valence-electron chi connectivity index (χ2n) is 6.02. The van der Waals surface area contributed by atoms with Crippen molar-refractivity contribution in [2.24, 2.45) is 4.99 Å². The van der Waals surface area contributed by atoms with E-state index in [9.17, 15) is 4.79 Å². The lowest BCUT2D eigenvalue weighted by Gasteiger charge is -2.04. The number of aliphatic imine (C=N–C) groups is 1. The molecule has 0 amide bonds. The number of hydrogen-bond donors (Lipinski definition) is 0. The van der Waals surface area contributed by atoms with Gasteiger partial charge in [0.2, 0.25) is 5.90 Å². The van der Waals surface area contributed by atoms with Crippen LogP contribution in [-0.4, -0.2) is 11.9 Å². The van der Waals surface area contributed by atoms with Crippen LogP contribution in [0.5, 0.6) is 0 Å². The molecule has 23 heavy (non-hydrogen) atoms. The van der Waals surface area contributed by atoms with Gasteiger partial charge in [0.1, 0.15) is 0 Å². The molecule has 3 heteroatoms. The van der Waals surface area contributed by atoms with E-state index < -0.39 is 5.97 Å². The van der Waals surface area contributed by atoms with Crippen LogP contribution in [0.1, 0.15) is 42.0 Å².